The Hall–Kier alpha value is -2.17. The third-order valence-corrected chi connectivity index (χ3v) is 3.49. The quantitative estimate of drug-likeness (QED) is 0.869. The largest absolute Gasteiger partial charge is 0.345 e. The number of rotatable bonds is 2. The molecule has 1 aliphatic carbocycles. The number of hydrogen-bond acceptors (Lipinski definition) is 2. The Morgan fingerprint density at radius 1 is 1.47 bits per heavy atom. The third kappa shape index (κ3) is 2.36. The second-order valence-corrected chi connectivity index (χ2v) is 4.75. The molecule has 4 nitrogen and oxygen atoms in total. The van der Waals surface area contributed by atoms with Crippen LogP contribution in [0.5, 0.6) is 0 Å². The SMILES string of the molecule is O=C(N[C@@H]1CCCc2cc(F)ccc21)c1cn[nH]c1. The molecule has 98 valence electrons. The lowest BCUT2D eigenvalue weighted by Crippen LogP contribution is -2.30. The molecule has 5 heteroatoms. The topological polar surface area (TPSA) is 57.8 Å². The van der Waals surface area contributed by atoms with E-state index in [4.69, 9.17) is 0 Å². The minimum Gasteiger partial charge on any atom is -0.345 e. The van der Waals surface area contributed by atoms with Gasteiger partial charge < -0.3 is 5.32 Å². The first kappa shape index (κ1) is 11.9. The van der Waals surface area contributed by atoms with Gasteiger partial charge in [-0.1, -0.05) is 6.07 Å². The summed E-state index contributed by atoms with van der Waals surface area (Å²) in [5, 5.41) is 9.35. The maximum absolute atomic E-state index is 13.2. The van der Waals surface area contributed by atoms with Crippen molar-refractivity contribution in [3.63, 3.8) is 0 Å². The second kappa shape index (κ2) is 4.84. The molecule has 0 spiro atoms. The van der Waals surface area contributed by atoms with Crippen LogP contribution in [0, 0.1) is 5.82 Å². The van der Waals surface area contributed by atoms with Crippen LogP contribution >= 0.6 is 0 Å². The van der Waals surface area contributed by atoms with Crippen molar-refractivity contribution in [2.45, 2.75) is 25.3 Å². The van der Waals surface area contributed by atoms with Crippen LogP contribution in [-0.2, 0) is 6.42 Å². The van der Waals surface area contributed by atoms with Crippen LogP contribution in [-0.4, -0.2) is 16.1 Å². The van der Waals surface area contributed by atoms with E-state index in [-0.39, 0.29) is 17.8 Å². The highest BCUT2D eigenvalue weighted by molar-refractivity contribution is 5.93. The number of nitrogens with zero attached hydrogens (tertiary/aromatic N) is 1. The van der Waals surface area contributed by atoms with Crippen molar-refractivity contribution < 1.29 is 9.18 Å². The van der Waals surface area contributed by atoms with Crippen LogP contribution < -0.4 is 5.32 Å². The standard InChI is InChI=1S/C14H14FN3O/c15-11-4-5-12-9(6-11)2-1-3-13(12)18-14(19)10-7-16-17-8-10/h4-8,13H,1-3H2,(H,16,17)(H,18,19)/t13-/m1/s1. The smallest absolute Gasteiger partial charge is 0.254 e. The number of nitrogens with one attached hydrogen (secondary N) is 2. The predicted octanol–water partition coefficient (Wildman–Crippen LogP) is 2.36. The number of aryl methyl sites for hydroxylation is 1. The van der Waals surface area contributed by atoms with Gasteiger partial charge in [-0.3, -0.25) is 9.89 Å². The summed E-state index contributed by atoms with van der Waals surface area (Å²) in [4.78, 5) is 12.0. The summed E-state index contributed by atoms with van der Waals surface area (Å²) in [5.41, 5.74) is 2.52. The molecule has 1 atom stereocenters. The Labute approximate surface area is 110 Å². The van der Waals surface area contributed by atoms with Crippen molar-refractivity contribution in [3.05, 3.63) is 53.1 Å². The fourth-order valence-corrected chi connectivity index (χ4v) is 2.55. The molecule has 1 amide bonds. The van der Waals surface area contributed by atoms with Crippen molar-refractivity contribution in [1.29, 1.82) is 0 Å². The molecule has 1 aromatic heterocycles. The Morgan fingerprint density at radius 2 is 2.37 bits per heavy atom. The molecule has 0 bridgehead atoms. The Morgan fingerprint density at radius 3 is 3.16 bits per heavy atom. The molecule has 19 heavy (non-hydrogen) atoms. The third-order valence-electron chi connectivity index (χ3n) is 3.49. The van der Waals surface area contributed by atoms with Crippen molar-refractivity contribution in [1.82, 2.24) is 15.5 Å². The Balaban J connectivity index is 1.82. The summed E-state index contributed by atoms with van der Waals surface area (Å²) in [6.45, 7) is 0. The molecular formula is C14H14FN3O. The number of fused-ring (bicyclic) bond motifs is 1. The van der Waals surface area contributed by atoms with E-state index in [0.29, 0.717) is 5.56 Å². The van der Waals surface area contributed by atoms with Crippen molar-refractivity contribution in [2.75, 3.05) is 0 Å². The normalized spacial score (nSPS) is 17.8. The minimum absolute atomic E-state index is 0.0493. The zero-order valence-electron chi connectivity index (χ0n) is 10.3. The lowest BCUT2D eigenvalue weighted by molar-refractivity contribution is 0.0933. The van der Waals surface area contributed by atoms with E-state index in [1.807, 2.05) is 0 Å². The highest BCUT2D eigenvalue weighted by atomic mass is 19.1. The summed E-state index contributed by atoms with van der Waals surface area (Å²) < 4.78 is 13.2. The molecular weight excluding hydrogens is 245 g/mol. The van der Waals surface area contributed by atoms with Gasteiger partial charge in [0, 0.05) is 6.20 Å². The summed E-state index contributed by atoms with van der Waals surface area (Å²) >= 11 is 0. The fraction of sp³-hybridized carbons (Fsp3) is 0.286. The van der Waals surface area contributed by atoms with Crippen LogP contribution in [0.25, 0.3) is 0 Å². The van der Waals surface area contributed by atoms with Crippen LogP contribution in [0.1, 0.15) is 40.4 Å². The maximum Gasteiger partial charge on any atom is 0.254 e. The monoisotopic (exact) mass is 259 g/mol. The molecule has 2 N–H and O–H groups in total. The van der Waals surface area contributed by atoms with Crippen LogP contribution in [0.3, 0.4) is 0 Å². The molecule has 0 unspecified atom stereocenters. The van der Waals surface area contributed by atoms with E-state index in [1.165, 1.54) is 12.3 Å². The van der Waals surface area contributed by atoms with E-state index < -0.39 is 0 Å². The number of benzene rings is 1. The number of hydrogen-bond donors (Lipinski definition) is 2. The van der Waals surface area contributed by atoms with Gasteiger partial charge in [0.15, 0.2) is 0 Å². The van der Waals surface area contributed by atoms with Gasteiger partial charge in [0.2, 0.25) is 0 Å². The van der Waals surface area contributed by atoms with Crippen molar-refractivity contribution >= 4 is 5.91 Å². The van der Waals surface area contributed by atoms with E-state index in [0.717, 1.165) is 30.4 Å². The van der Waals surface area contributed by atoms with Gasteiger partial charge in [-0.25, -0.2) is 4.39 Å². The molecule has 3 rings (SSSR count). The average Bonchev–Trinajstić information content (AvgIpc) is 2.92. The van der Waals surface area contributed by atoms with Gasteiger partial charge in [-0.15, -0.1) is 0 Å². The average molecular weight is 259 g/mol. The number of halogens is 1. The summed E-state index contributed by atoms with van der Waals surface area (Å²) in [5.74, 6) is -0.378. The van der Waals surface area contributed by atoms with Gasteiger partial charge in [0.1, 0.15) is 5.82 Å². The fourth-order valence-electron chi connectivity index (χ4n) is 2.55. The first-order valence-corrected chi connectivity index (χ1v) is 6.32. The molecule has 0 saturated heterocycles. The number of carbonyl (C=O) groups excluding carboxylic acids is 1. The first-order valence-electron chi connectivity index (χ1n) is 6.32. The lowest BCUT2D eigenvalue weighted by Gasteiger charge is -2.26. The zero-order valence-corrected chi connectivity index (χ0v) is 10.3. The Bertz CT molecular complexity index is 595. The summed E-state index contributed by atoms with van der Waals surface area (Å²) in [7, 11) is 0. The van der Waals surface area contributed by atoms with Crippen LogP contribution in [0.2, 0.25) is 0 Å². The number of amides is 1. The van der Waals surface area contributed by atoms with E-state index in [1.54, 1.807) is 18.3 Å². The van der Waals surface area contributed by atoms with E-state index in [9.17, 15) is 9.18 Å². The van der Waals surface area contributed by atoms with Gasteiger partial charge in [-0.05, 0) is 42.5 Å². The van der Waals surface area contributed by atoms with E-state index >= 15 is 0 Å². The van der Waals surface area contributed by atoms with Crippen LogP contribution in [0.4, 0.5) is 4.39 Å². The minimum atomic E-state index is -0.222. The molecule has 0 radical (unpaired) electrons. The first-order chi connectivity index (χ1) is 9.24. The highest BCUT2D eigenvalue weighted by Crippen LogP contribution is 2.30. The van der Waals surface area contributed by atoms with Gasteiger partial charge in [0.25, 0.3) is 5.91 Å². The van der Waals surface area contributed by atoms with Crippen molar-refractivity contribution in [2.24, 2.45) is 0 Å². The molecule has 1 aromatic carbocycles. The molecule has 0 saturated carbocycles. The summed E-state index contributed by atoms with van der Waals surface area (Å²) in [6, 6.07) is 4.73. The molecule has 2 aromatic rings. The van der Waals surface area contributed by atoms with Crippen molar-refractivity contribution in [3.8, 4) is 0 Å². The molecule has 0 fully saturated rings. The van der Waals surface area contributed by atoms with Gasteiger partial charge in [-0.2, -0.15) is 5.10 Å². The zero-order chi connectivity index (χ0) is 13.2. The van der Waals surface area contributed by atoms with Crippen LogP contribution in [0.15, 0.2) is 30.6 Å². The number of carbonyl (C=O) groups is 1. The predicted molar refractivity (Wildman–Crippen MR) is 68.1 cm³/mol. The second-order valence-electron chi connectivity index (χ2n) is 4.75. The van der Waals surface area contributed by atoms with E-state index in [2.05, 4.69) is 15.5 Å². The molecule has 0 aliphatic heterocycles. The van der Waals surface area contributed by atoms with Gasteiger partial charge >= 0.3 is 0 Å². The maximum atomic E-state index is 13.2. The highest BCUT2D eigenvalue weighted by Gasteiger charge is 2.22. The lowest BCUT2D eigenvalue weighted by atomic mass is 9.87. The van der Waals surface area contributed by atoms with Gasteiger partial charge in [0.05, 0.1) is 17.8 Å². The number of H-pyrrole nitrogens is 1. The number of aromatic nitrogens is 2. The molecule has 1 heterocycles. The Kier molecular flexibility index (Phi) is 3.03. The number of aromatic amines is 1. The molecule has 1 aliphatic rings. The summed E-state index contributed by atoms with van der Waals surface area (Å²) in [6.07, 6.45) is 5.74.